The second-order valence-electron chi connectivity index (χ2n) is 2.04. The molecular formula is C7H12N3O3P. The number of nitrogens with zero attached hydrogens (tertiary/aromatic N) is 2. The third kappa shape index (κ3) is 2.81. The second kappa shape index (κ2) is 5.34. The van der Waals surface area contributed by atoms with Gasteiger partial charge in [-0.15, -0.1) is 0 Å². The van der Waals surface area contributed by atoms with Crippen LogP contribution >= 0.6 is 9.39 Å². The normalized spacial score (nSPS) is 8.79. The van der Waals surface area contributed by atoms with Gasteiger partial charge in [0.2, 0.25) is 0 Å². The van der Waals surface area contributed by atoms with E-state index in [-0.39, 0.29) is 0 Å². The summed E-state index contributed by atoms with van der Waals surface area (Å²) in [5.41, 5.74) is 3.48. The van der Waals surface area contributed by atoms with E-state index in [1.54, 1.807) is 0 Å². The molecule has 1 atom stereocenters. The number of carbonyl (C=O) groups excluding carboxylic acids is 1. The third-order valence-electron chi connectivity index (χ3n) is 1.15. The molecule has 0 radical (unpaired) electrons. The summed E-state index contributed by atoms with van der Waals surface area (Å²) >= 11 is 0. The first kappa shape index (κ1) is 12.6. The smallest absolute Gasteiger partial charge is 0.273 e. The lowest BCUT2D eigenvalue weighted by molar-refractivity contribution is 0.0992. The quantitative estimate of drug-likeness (QED) is 0.631. The van der Waals surface area contributed by atoms with Crippen LogP contribution in [0.1, 0.15) is 24.3 Å². The van der Waals surface area contributed by atoms with Gasteiger partial charge in [0.25, 0.3) is 11.3 Å². The van der Waals surface area contributed by atoms with E-state index in [1.165, 1.54) is 0 Å². The highest BCUT2D eigenvalue weighted by Gasteiger charge is 2.11. The fraction of sp³-hybridized carbons (Fsp3) is 0.286. The van der Waals surface area contributed by atoms with Crippen molar-refractivity contribution in [2.45, 2.75) is 13.8 Å². The van der Waals surface area contributed by atoms with Gasteiger partial charge in [-0.25, -0.2) is 0 Å². The topological polar surface area (TPSA) is 98.2 Å². The van der Waals surface area contributed by atoms with Crippen molar-refractivity contribution >= 4 is 15.3 Å². The van der Waals surface area contributed by atoms with Crippen molar-refractivity contribution in [1.29, 1.82) is 0 Å². The summed E-state index contributed by atoms with van der Waals surface area (Å²) in [6, 6.07) is 0. The Morgan fingerprint density at radius 3 is 2.57 bits per heavy atom. The Bertz CT molecular complexity index is 388. The van der Waals surface area contributed by atoms with Crippen molar-refractivity contribution in [1.82, 2.24) is 9.55 Å². The van der Waals surface area contributed by atoms with E-state index in [2.05, 4.69) is 14.5 Å². The maximum Gasteiger partial charge on any atom is 0.273 e. The fourth-order valence-corrected chi connectivity index (χ4v) is 0.913. The van der Waals surface area contributed by atoms with E-state index >= 15 is 0 Å². The Morgan fingerprint density at radius 2 is 2.14 bits per heavy atom. The average molecular weight is 217 g/mol. The highest BCUT2D eigenvalue weighted by atomic mass is 31.0. The van der Waals surface area contributed by atoms with E-state index < -0.39 is 22.8 Å². The van der Waals surface area contributed by atoms with Crippen LogP contribution in [0.25, 0.3) is 0 Å². The van der Waals surface area contributed by atoms with Crippen LogP contribution in [0.15, 0.2) is 11.0 Å². The molecule has 14 heavy (non-hydrogen) atoms. The number of rotatable bonds is 1. The summed E-state index contributed by atoms with van der Waals surface area (Å²) in [5.74, 6) is -1.53. The lowest BCUT2D eigenvalue weighted by Gasteiger charge is -1.99. The van der Waals surface area contributed by atoms with Gasteiger partial charge in [-0.3, -0.25) is 14.0 Å². The monoisotopic (exact) mass is 217 g/mol. The van der Waals surface area contributed by atoms with Crippen LogP contribution in [0, 0.1) is 0 Å². The maximum atomic E-state index is 10.9. The Hall–Kier alpha value is -1.42. The SMILES string of the molecule is CC.NC(=O)c1nn(P)cc(O)c1=O. The first-order valence-corrected chi connectivity index (χ1v) is 4.42. The van der Waals surface area contributed by atoms with Gasteiger partial charge in [0.1, 0.15) is 0 Å². The average Bonchev–Trinajstić information content (AvgIpc) is 2.14. The van der Waals surface area contributed by atoms with E-state index in [0.29, 0.717) is 0 Å². The van der Waals surface area contributed by atoms with Crippen LogP contribution in [0.2, 0.25) is 0 Å². The number of primary amides is 1. The van der Waals surface area contributed by atoms with Crippen LogP contribution in [-0.2, 0) is 0 Å². The van der Waals surface area contributed by atoms with Gasteiger partial charge in [0, 0.05) is 0 Å². The van der Waals surface area contributed by atoms with Gasteiger partial charge in [-0.05, 0) is 9.39 Å². The lowest BCUT2D eigenvalue weighted by Crippen LogP contribution is -2.24. The number of aromatic nitrogens is 2. The number of aromatic hydroxyl groups is 1. The van der Waals surface area contributed by atoms with Crippen LogP contribution in [-0.4, -0.2) is 20.6 Å². The van der Waals surface area contributed by atoms with Crippen molar-refractivity contribution < 1.29 is 9.90 Å². The number of carbonyl (C=O) groups is 1. The molecule has 1 aromatic heterocycles. The first-order chi connectivity index (χ1) is 6.52. The Labute approximate surface area is 83.0 Å². The van der Waals surface area contributed by atoms with Gasteiger partial charge < -0.3 is 10.8 Å². The first-order valence-electron chi connectivity index (χ1n) is 3.90. The van der Waals surface area contributed by atoms with Crippen molar-refractivity contribution in [3.8, 4) is 5.75 Å². The van der Waals surface area contributed by atoms with E-state index in [9.17, 15) is 9.59 Å². The van der Waals surface area contributed by atoms with E-state index in [1.807, 2.05) is 13.8 Å². The molecule has 0 fully saturated rings. The van der Waals surface area contributed by atoms with Crippen molar-refractivity contribution in [2.24, 2.45) is 5.73 Å². The largest absolute Gasteiger partial charge is 0.503 e. The zero-order chi connectivity index (χ0) is 11.3. The minimum absolute atomic E-state index is 0.481. The molecule has 0 bridgehead atoms. The van der Waals surface area contributed by atoms with E-state index in [0.717, 1.165) is 10.6 Å². The molecule has 0 aliphatic heterocycles. The molecule has 78 valence electrons. The van der Waals surface area contributed by atoms with Crippen LogP contribution in [0.4, 0.5) is 0 Å². The standard InChI is InChI=1S/C5H6N3O3P.C2H6/c6-5(11)3-4(10)2(9)1-8(12)7-3;1-2/h1,9H,12H2,(H2,6,11);1-2H3. The molecule has 1 heterocycles. The molecule has 1 amide bonds. The van der Waals surface area contributed by atoms with Crippen LogP contribution in [0.5, 0.6) is 5.75 Å². The van der Waals surface area contributed by atoms with E-state index in [4.69, 9.17) is 10.8 Å². The Balaban J connectivity index is 0.000000791. The minimum Gasteiger partial charge on any atom is -0.503 e. The van der Waals surface area contributed by atoms with Gasteiger partial charge in [-0.2, -0.15) is 5.10 Å². The minimum atomic E-state index is -0.966. The number of amides is 1. The second-order valence-corrected chi connectivity index (χ2v) is 2.57. The molecule has 6 nitrogen and oxygen atoms in total. The molecule has 0 spiro atoms. The Morgan fingerprint density at radius 1 is 1.64 bits per heavy atom. The molecule has 3 N–H and O–H groups in total. The molecule has 0 aromatic carbocycles. The van der Waals surface area contributed by atoms with Gasteiger partial charge in [0.15, 0.2) is 11.4 Å². The fourth-order valence-electron chi connectivity index (χ4n) is 0.656. The molecule has 1 unspecified atom stereocenters. The predicted molar refractivity (Wildman–Crippen MR) is 55.1 cm³/mol. The molecule has 0 aliphatic rings. The zero-order valence-corrected chi connectivity index (χ0v) is 9.04. The van der Waals surface area contributed by atoms with Gasteiger partial charge >= 0.3 is 0 Å². The molecular weight excluding hydrogens is 205 g/mol. The van der Waals surface area contributed by atoms with Crippen molar-refractivity contribution in [3.63, 3.8) is 0 Å². The van der Waals surface area contributed by atoms with Crippen LogP contribution < -0.4 is 11.2 Å². The number of nitrogens with two attached hydrogens (primary N) is 1. The van der Waals surface area contributed by atoms with Crippen LogP contribution in [0.3, 0.4) is 0 Å². The van der Waals surface area contributed by atoms with Crippen molar-refractivity contribution in [3.05, 3.63) is 22.1 Å². The molecule has 0 aliphatic carbocycles. The molecule has 7 heteroatoms. The molecule has 1 aromatic rings. The summed E-state index contributed by atoms with van der Waals surface area (Å²) in [6.07, 6.45) is 1.06. The third-order valence-corrected chi connectivity index (χ3v) is 1.42. The summed E-state index contributed by atoms with van der Waals surface area (Å²) in [4.78, 5) is 21.5. The highest BCUT2D eigenvalue weighted by Crippen LogP contribution is 2.01. The molecule has 1 rings (SSSR count). The predicted octanol–water partition coefficient (Wildman–Crippen LogP) is -0.288. The number of hydrogen-bond donors (Lipinski definition) is 2. The molecule has 0 saturated carbocycles. The molecule has 0 saturated heterocycles. The summed E-state index contributed by atoms with van der Waals surface area (Å²) < 4.78 is 1.05. The summed E-state index contributed by atoms with van der Waals surface area (Å²) in [6.45, 7) is 4.00. The van der Waals surface area contributed by atoms with Gasteiger partial charge in [0.05, 0.1) is 6.20 Å². The number of hydrogen-bond acceptors (Lipinski definition) is 4. The van der Waals surface area contributed by atoms with Crippen molar-refractivity contribution in [2.75, 3.05) is 0 Å². The lowest BCUT2D eigenvalue weighted by atomic mass is 10.3. The maximum absolute atomic E-state index is 10.9. The van der Waals surface area contributed by atoms with Gasteiger partial charge in [-0.1, -0.05) is 13.8 Å². The highest BCUT2D eigenvalue weighted by molar-refractivity contribution is 7.14. The summed E-state index contributed by atoms with van der Waals surface area (Å²) in [5, 5.41) is 12.4. The zero-order valence-electron chi connectivity index (χ0n) is 7.89. The summed E-state index contributed by atoms with van der Waals surface area (Å²) in [7, 11) is 2.06. The Kier molecular flexibility index (Phi) is 4.80.